The van der Waals surface area contributed by atoms with Gasteiger partial charge < -0.3 is 80.5 Å². The first-order valence-electron chi connectivity index (χ1n) is 3.24. The molecule has 20 heavy (non-hydrogen) atoms. The Morgan fingerprint density at radius 3 is 0.700 bits per heavy atom. The third-order valence-electron chi connectivity index (χ3n) is 0.492. The molecule has 0 aromatic carbocycles. The van der Waals surface area contributed by atoms with E-state index >= 15 is 0 Å². The first-order valence-corrected chi connectivity index (χ1v) is 3.24. The third-order valence-corrected chi connectivity index (χ3v) is 0.492. The van der Waals surface area contributed by atoms with Crippen molar-refractivity contribution in [2.75, 3.05) is 27.4 Å². The molecule has 0 saturated carbocycles. The van der Waals surface area contributed by atoms with Crippen molar-refractivity contribution in [3.63, 3.8) is 0 Å². The second kappa shape index (κ2) is 1100. The Labute approximate surface area is 144 Å². The summed E-state index contributed by atoms with van der Waals surface area (Å²) in [5.41, 5.74) is 0. The maximum atomic E-state index is 6.25. The number of methoxy groups -OCH3 is 2. The fourth-order valence-corrected chi connectivity index (χ4v) is 0.167. The van der Waals surface area contributed by atoms with Crippen LogP contribution in [0.25, 0.3) is 0 Å². The molecule has 10 heteroatoms. The van der Waals surface area contributed by atoms with Crippen LogP contribution in [0.4, 0.5) is 0 Å². The van der Waals surface area contributed by atoms with E-state index in [9.17, 15) is 0 Å². The maximum absolute atomic E-state index is 6.25. The second-order valence-electron chi connectivity index (χ2n) is 0.986. The fraction of sp³-hybridized carbons (Fsp3) is 0.400. The molecule has 0 N–H and O–H groups in total. The average Bonchev–Trinajstić information content (AvgIpc) is 2.57. The van der Waals surface area contributed by atoms with Gasteiger partial charge in [-0.1, -0.05) is 0 Å². The monoisotopic (exact) mass is 369 g/mol. The predicted octanol–water partition coefficient (Wildman–Crippen LogP) is 0.852. The molecular formula is C10H10CoN6O2Zn-6. The van der Waals surface area contributed by atoms with Crippen LogP contribution in [-0.4, -0.2) is 27.4 Å². The molecule has 0 atom stereocenters. The summed E-state index contributed by atoms with van der Waals surface area (Å²) in [6.07, 6.45) is 0. The van der Waals surface area contributed by atoms with E-state index < -0.39 is 0 Å². The van der Waals surface area contributed by atoms with Crippen LogP contribution in [0.1, 0.15) is 0 Å². The van der Waals surface area contributed by atoms with E-state index in [0.29, 0.717) is 13.2 Å². The van der Waals surface area contributed by atoms with E-state index in [1.165, 1.54) is 0 Å². The van der Waals surface area contributed by atoms with Crippen LogP contribution in [0.15, 0.2) is 0 Å². The maximum Gasteiger partial charge on any atom is 0.0696 e. The molecule has 0 aromatic heterocycles. The molecule has 0 heterocycles. The Morgan fingerprint density at radius 1 is 0.550 bits per heavy atom. The van der Waals surface area contributed by atoms with Crippen LogP contribution >= 0.6 is 0 Å². The van der Waals surface area contributed by atoms with E-state index in [0.717, 1.165) is 0 Å². The smallest absolute Gasteiger partial charge is 0.0696 e. The van der Waals surface area contributed by atoms with Gasteiger partial charge in [0.25, 0.3) is 0 Å². The summed E-state index contributed by atoms with van der Waals surface area (Å²) < 4.78 is 9.31. The van der Waals surface area contributed by atoms with Crippen LogP contribution in [0.5, 0.6) is 0 Å². The zero-order valence-electron chi connectivity index (χ0n) is 11.0. The Morgan fingerprint density at radius 2 is 0.650 bits per heavy atom. The summed E-state index contributed by atoms with van der Waals surface area (Å²) in [6, 6.07) is 0. The summed E-state index contributed by atoms with van der Waals surface area (Å²) >= 11 is 0. The molecule has 0 spiro atoms. The zero-order valence-corrected chi connectivity index (χ0v) is 15.0. The topological polar surface area (TPSA) is 161 Å². The standard InChI is InChI=1S/C4H10O2.6CN.Co.Zn/c1-5-3-4-6-2;6*1-2;;/h3-4H2,1-2H3;;;;;;;;/q;6*-1;;. The first-order chi connectivity index (χ1) is 8.91. The molecule has 0 rings (SSSR count). The fourth-order valence-electron chi connectivity index (χ4n) is 0.167. The van der Waals surface area contributed by atoms with Gasteiger partial charge in [-0.05, 0) is 0 Å². The van der Waals surface area contributed by atoms with Crippen molar-refractivity contribution >= 4 is 0 Å². The number of hydrogen-bond acceptors (Lipinski definition) is 8. The van der Waals surface area contributed by atoms with Crippen LogP contribution in [0.3, 0.4) is 0 Å². The zero-order chi connectivity index (χ0) is 16.8. The van der Waals surface area contributed by atoms with Gasteiger partial charge in [0.1, 0.15) is 0 Å². The largest absolute Gasteiger partial charge is 0.512 e. The molecule has 1 radical (unpaired) electrons. The molecule has 0 fully saturated rings. The van der Waals surface area contributed by atoms with Crippen molar-refractivity contribution in [1.29, 1.82) is 31.6 Å². The van der Waals surface area contributed by atoms with Crippen molar-refractivity contribution in [2.24, 2.45) is 0 Å². The molecule has 0 aliphatic carbocycles. The minimum atomic E-state index is 0. The Kier molecular flexibility index (Phi) is 3520. The number of nitrogens with zero attached hydrogens (tertiary/aromatic N) is 6. The first kappa shape index (κ1) is 64.3. The van der Waals surface area contributed by atoms with Gasteiger partial charge >= 0.3 is 0 Å². The van der Waals surface area contributed by atoms with E-state index in [1.54, 1.807) is 14.2 Å². The number of rotatable bonds is 3. The average molecular weight is 371 g/mol. The van der Waals surface area contributed by atoms with Gasteiger partial charge in [-0.25, -0.2) is 0 Å². The van der Waals surface area contributed by atoms with E-state index in [1.807, 2.05) is 0 Å². The van der Waals surface area contributed by atoms with Crippen LogP contribution in [0, 0.1) is 71.0 Å². The van der Waals surface area contributed by atoms with Crippen LogP contribution in [-0.2, 0) is 45.7 Å². The molecule has 0 unspecified atom stereocenters. The van der Waals surface area contributed by atoms with Gasteiger partial charge in [0.05, 0.1) is 13.2 Å². The minimum absolute atomic E-state index is 0. The Hall–Kier alpha value is -2.01. The summed E-state index contributed by atoms with van der Waals surface area (Å²) in [7, 11) is 3.30. The molecule has 0 bridgehead atoms. The molecule has 0 amide bonds. The van der Waals surface area contributed by atoms with Gasteiger partial charge in [0.15, 0.2) is 0 Å². The molecular weight excluding hydrogens is 360 g/mol. The van der Waals surface area contributed by atoms with E-state index in [-0.39, 0.29) is 36.3 Å². The van der Waals surface area contributed by atoms with Gasteiger partial charge in [0, 0.05) is 50.5 Å². The van der Waals surface area contributed by atoms with E-state index in [2.05, 4.69) is 9.47 Å². The van der Waals surface area contributed by atoms with Crippen molar-refractivity contribution in [1.82, 2.24) is 0 Å². The number of hydrogen-bond donors (Lipinski definition) is 0. The third kappa shape index (κ3) is 3670. The second-order valence-corrected chi connectivity index (χ2v) is 0.986. The van der Waals surface area contributed by atoms with Crippen molar-refractivity contribution in [3.05, 3.63) is 39.4 Å². The summed E-state index contributed by atoms with van der Waals surface area (Å²) in [6.45, 7) is 29.9. The number of ether oxygens (including phenoxy) is 2. The molecule has 0 aromatic rings. The van der Waals surface area contributed by atoms with Crippen LogP contribution in [0.2, 0.25) is 0 Å². The van der Waals surface area contributed by atoms with Gasteiger partial charge in [-0.15, -0.1) is 0 Å². The van der Waals surface area contributed by atoms with Crippen molar-refractivity contribution in [3.8, 4) is 0 Å². The minimum Gasteiger partial charge on any atom is -0.512 e. The molecule has 0 saturated heterocycles. The SMILES string of the molecule is COCCOC.[C-]#N.[C-]#N.[C-]#N.[C-]#N.[C-]#N.[C-]#N.[Co].[Zn]. The van der Waals surface area contributed by atoms with E-state index in [4.69, 9.17) is 71.0 Å². The molecule has 8 nitrogen and oxygen atoms in total. The quantitative estimate of drug-likeness (QED) is 0.401. The molecule has 0 aliphatic heterocycles. The summed E-state index contributed by atoms with van der Waals surface area (Å²) in [5, 5.41) is 37.5. The predicted molar refractivity (Wildman–Crippen MR) is 53.6 cm³/mol. The Bertz CT molecular complexity index is 153. The van der Waals surface area contributed by atoms with Crippen LogP contribution < -0.4 is 0 Å². The van der Waals surface area contributed by atoms with Gasteiger partial charge in [-0.2, -0.15) is 0 Å². The normalized spacial score (nSPS) is 3.30. The summed E-state index contributed by atoms with van der Waals surface area (Å²) in [5.74, 6) is 0. The van der Waals surface area contributed by atoms with Crippen molar-refractivity contribution < 1.29 is 45.7 Å². The molecule has 109 valence electrons. The van der Waals surface area contributed by atoms with Crippen molar-refractivity contribution in [2.45, 2.75) is 0 Å². The van der Waals surface area contributed by atoms with Gasteiger partial charge in [0.2, 0.25) is 0 Å². The van der Waals surface area contributed by atoms with Gasteiger partial charge in [-0.3, -0.25) is 0 Å². The summed E-state index contributed by atoms with van der Waals surface area (Å²) in [4.78, 5) is 0. The Balaban J connectivity index is -0.0000000109. The molecule has 0 aliphatic rings.